The van der Waals surface area contributed by atoms with E-state index in [2.05, 4.69) is 52.9 Å². The highest BCUT2D eigenvalue weighted by Crippen LogP contribution is 2.30. The molecule has 144 valence electrons. The smallest absolute Gasteiger partial charge is 0.254 e. The molecular weight excluding hydrogens is 340 g/mol. The summed E-state index contributed by atoms with van der Waals surface area (Å²) in [6.07, 6.45) is 2.23. The minimum Gasteiger partial charge on any atom is -0.375 e. The van der Waals surface area contributed by atoms with E-state index >= 15 is 0 Å². The molecule has 0 aliphatic carbocycles. The fourth-order valence-corrected chi connectivity index (χ4v) is 4.19. The summed E-state index contributed by atoms with van der Waals surface area (Å²) in [5.74, 6) is 2.01. The number of aromatic amines is 1. The molecule has 2 fully saturated rings. The van der Waals surface area contributed by atoms with Gasteiger partial charge in [0.2, 0.25) is 5.95 Å². The second-order valence-corrected chi connectivity index (χ2v) is 7.77. The Hall–Kier alpha value is -2.34. The maximum atomic E-state index is 12.4. The van der Waals surface area contributed by atoms with Gasteiger partial charge in [-0.25, -0.2) is 0 Å². The number of hydrogen-bond acceptors (Lipinski definition) is 5. The molecule has 2 aromatic rings. The van der Waals surface area contributed by atoms with Crippen molar-refractivity contribution in [2.45, 2.75) is 38.8 Å². The Morgan fingerprint density at radius 3 is 2.81 bits per heavy atom. The second kappa shape index (κ2) is 7.72. The van der Waals surface area contributed by atoms with Gasteiger partial charge in [0.05, 0.1) is 12.7 Å². The highest BCUT2D eigenvalue weighted by Gasteiger charge is 2.33. The molecule has 1 unspecified atom stereocenters. The Morgan fingerprint density at radius 1 is 1.22 bits per heavy atom. The fraction of sp³-hybridized carbons (Fsp3) is 0.524. The van der Waals surface area contributed by atoms with Gasteiger partial charge in [-0.05, 0) is 31.2 Å². The monoisotopic (exact) mass is 368 g/mol. The number of nitrogens with zero attached hydrogens (tertiary/aromatic N) is 3. The number of anilines is 2. The van der Waals surface area contributed by atoms with Crippen molar-refractivity contribution in [3.63, 3.8) is 0 Å². The van der Waals surface area contributed by atoms with E-state index in [0.717, 1.165) is 38.3 Å². The first-order chi connectivity index (χ1) is 13.1. The molecule has 1 N–H and O–H groups in total. The minimum absolute atomic E-state index is 0.0906. The molecule has 1 aromatic carbocycles. The van der Waals surface area contributed by atoms with E-state index in [0.29, 0.717) is 24.5 Å². The maximum absolute atomic E-state index is 12.4. The zero-order valence-corrected chi connectivity index (χ0v) is 16.1. The number of nitrogens with one attached hydrogen (secondary N) is 1. The third-order valence-corrected chi connectivity index (χ3v) is 5.72. The van der Waals surface area contributed by atoms with Crippen LogP contribution in [0, 0.1) is 5.92 Å². The van der Waals surface area contributed by atoms with Gasteiger partial charge in [0.15, 0.2) is 0 Å². The molecule has 0 amide bonds. The average molecular weight is 368 g/mol. The third kappa shape index (κ3) is 4.00. The van der Waals surface area contributed by atoms with E-state index in [-0.39, 0.29) is 11.7 Å². The van der Waals surface area contributed by atoms with Gasteiger partial charge in [0, 0.05) is 31.7 Å². The molecule has 6 nitrogen and oxygen atoms in total. The zero-order valence-electron chi connectivity index (χ0n) is 16.1. The molecule has 0 spiro atoms. The van der Waals surface area contributed by atoms with Gasteiger partial charge in [0.25, 0.3) is 5.56 Å². The molecule has 2 aliphatic rings. The molecule has 6 heteroatoms. The highest BCUT2D eigenvalue weighted by molar-refractivity contribution is 5.46. The SMILES string of the molecule is CC1CN(c2cc(=O)[nH]c(N3CC[C@H](C)[C@H]3Cc3ccccc3)n2)CCO1. The van der Waals surface area contributed by atoms with Gasteiger partial charge in [-0.2, -0.15) is 4.98 Å². The Morgan fingerprint density at radius 2 is 2.04 bits per heavy atom. The number of rotatable bonds is 4. The van der Waals surface area contributed by atoms with E-state index in [1.165, 1.54) is 5.56 Å². The molecule has 3 atom stereocenters. The van der Waals surface area contributed by atoms with E-state index in [1.54, 1.807) is 6.07 Å². The summed E-state index contributed by atoms with van der Waals surface area (Å²) in [6.45, 7) is 7.47. The van der Waals surface area contributed by atoms with Crippen molar-refractivity contribution < 1.29 is 4.74 Å². The van der Waals surface area contributed by atoms with Crippen LogP contribution >= 0.6 is 0 Å². The number of hydrogen-bond donors (Lipinski definition) is 1. The third-order valence-electron chi connectivity index (χ3n) is 5.72. The molecule has 2 saturated heterocycles. The minimum atomic E-state index is -0.0906. The van der Waals surface area contributed by atoms with Crippen molar-refractivity contribution in [1.29, 1.82) is 0 Å². The van der Waals surface area contributed by atoms with Crippen molar-refractivity contribution in [2.75, 3.05) is 36.0 Å². The van der Waals surface area contributed by atoms with Crippen LogP contribution in [0.25, 0.3) is 0 Å². The van der Waals surface area contributed by atoms with Crippen LogP contribution in [-0.4, -0.2) is 48.4 Å². The van der Waals surface area contributed by atoms with Crippen LogP contribution in [0.3, 0.4) is 0 Å². The molecule has 0 radical (unpaired) electrons. The normalized spacial score (nSPS) is 25.8. The number of aromatic nitrogens is 2. The first-order valence-corrected chi connectivity index (χ1v) is 9.88. The second-order valence-electron chi connectivity index (χ2n) is 7.77. The topological polar surface area (TPSA) is 61.5 Å². The van der Waals surface area contributed by atoms with E-state index < -0.39 is 0 Å². The Balaban J connectivity index is 1.60. The lowest BCUT2D eigenvalue weighted by Crippen LogP contribution is -2.42. The van der Waals surface area contributed by atoms with Crippen molar-refractivity contribution in [2.24, 2.45) is 5.92 Å². The molecule has 1 aromatic heterocycles. The highest BCUT2D eigenvalue weighted by atomic mass is 16.5. The number of H-pyrrole nitrogens is 1. The molecule has 2 aliphatic heterocycles. The Kier molecular flexibility index (Phi) is 5.16. The van der Waals surface area contributed by atoms with Crippen molar-refractivity contribution in [1.82, 2.24) is 9.97 Å². The average Bonchev–Trinajstić information content (AvgIpc) is 3.03. The summed E-state index contributed by atoms with van der Waals surface area (Å²) in [4.78, 5) is 24.6. The predicted octanol–water partition coefficient (Wildman–Crippen LogP) is 2.45. The van der Waals surface area contributed by atoms with E-state index in [4.69, 9.17) is 9.72 Å². The van der Waals surface area contributed by atoms with Crippen LogP contribution in [0.15, 0.2) is 41.2 Å². The standard InChI is InChI=1S/C21H28N4O2/c1-15-8-9-25(18(15)12-17-6-4-3-5-7-17)21-22-19(13-20(26)23-21)24-10-11-27-16(2)14-24/h3-7,13,15-16,18H,8-12,14H2,1-2H3,(H,22,23,26)/t15-,16?,18+/m0/s1. The summed E-state index contributed by atoms with van der Waals surface area (Å²) >= 11 is 0. The van der Waals surface area contributed by atoms with Crippen LogP contribution in [0.2, 0.25) is 0 Å². The molecule has 3 heterocycles. The van der Waals surface area contributed by atoms with E-state index in [1.807, 2.05) is 6.07 Å². The fourth-order valence-electron chi connectivity index (χ4n) is 4.19. The van der Waals surface area contributed by atoms with Crippen molar-refractivity contribution in [3.8, 4) is 0 Å². The van der Waals surface area contributed by atoms with Crippen LogP contribution in [0.1, 0.15) is 25.8 Å². The quantitative estimate of drug-likeness (QED) is 0.898. The first kappa shape index (κ1) is 18.0. The lowest BCUT2D eigenvalue weighted by atomic mass is 9.96. The van der Waals surface area contributed by atoms with Gasteiger partial charge in [-0.1, -0.05) is 37.3 Å². The van der Waals surface area contributed by atoms with Crippen LogP contribution < -0.4 is 15.4 Å². The number of benzene rings is 1. The lowest BCUT2D eigenvalue weighted by Gasteiger charge is -2.33. The molecule has 27 heavy (non-hydrogen) atoms. The van der Waals surface area contributed by atoms with Gasteiger partial charge < -0.3 is 14.5 Å². The Labute approximate surface area is 160 Å². The van der Waals surface area contributed by atoms with Gasteiger partial charge in [-0.15, -0.1) is 0 Å². The lowest BCUT2D eigenvalue weighted by molar-refractivity contribution is 0.0529. The summed E-state index contributed by atoms with van der Waals surface area (Å²) in [5, 5.41) is 0. The summed E-state index contributed by atoms with van der Waals surface area (Å²) in [6, 6.07) is 12.5. The largest absolute Gasteiger partial charge is 0.375 e. The van der Waals surface area contributed by atoms with Crippen molar-refractivity contribution >= 4 is 11.8 Å². The summed E-state index contributed by atoms with van der Waals surface area (Å²) in [7, 11) is 0. The predicted molar refractivity (Wildman–Crippen MR) is 108 cm³/mol. The molecule has 0 saturated carbocycles. The zero-order chi connectivity index (χ0) is 18.8. The molecule has 0 bridgehead atoms. The Bertz CT molecular complexity index is 822. The number of morpholine rings is 1. The maximum Gasteiger partial charge on any atom is 0.254 e. The van der Waals surface area contributed by atoms with Crippen molar-refractivity contribution in [3.05, 3.63) is 52.3 Å². The van der Waals surface area contributed by atoms with Crippen LogP contribution in [-0.2, 0) is 11.2 Å². The first-order valence-electron chi connectivity index (χ1n) is 9.88. The summed E-state index contributed by atoms with van der Waals surface area (Å²) in [5.41, 5.74) is 1.23. The van der Waals surface area contributed by atoms with E-state index in [9.17, 15) is 4.79 Å². The molecular formula is C21H28N4O2. The van der Waals surface area contributed by atoms with Crippen LogP contribution in [0.4, 0.5) is 11.8 Å². The van der Waals surface area contributed by atoms with Gasteiger partial charge in [-0.3, -0.25) is 9.78 Å². The van der Waals surface area contributed by atoms with Gasteiger partial charge in [0.1, 0.15) is 5.82 Å². The van der Waals surface area contributed by atoms with Gasteiger partial charge >= 0.3 is 0 Å². The molecule has 4 rings (SSSR count). The summed E-state index contributed by atoms with van der Waals surface area (Å²) < 4.78 is 5.62. The van der Waals surface area contributed by atoms with Crippen LogP contribution in [0.5, 0.6) is 0 Å². The number of ether oxygens (including phenoxy) is 1.